The smallest absolute Gasteiger partial charge is 0.0728 e. The fraction of sp³-hybridized carbons (Fsp3) is 0.769. The Bertz CT molecular complexity index is 348. The maximum Gasteiger partial charge on any atom is 0.0728 e. The summed E-state index contributed by atoms with van der Waals surface area (Å²) in [5.41, 5.74) is 1.23. The van der Waals surface area contributed by atoms with E-state index in [-0.39, 0.29) is 5.54 Å². The van der Waals surface area contributed by atoms with Crippen molar-refractivity contribution in [3.05, 3.63) is 12.4 Å². The molecule has 0 spiro atoms. The van der Waals surface area contributed by atoms with Crippen LogP contribution in [-0.4, -0.2) is 15.8 Å². The van der Waals surface area contributed by atoms with Crippen molar-refractivity contribution >= 4 is 5.69 Å². The van der Waals surface area contributed by atoms with E-state index in [2.05, 4.69) is 44.3 Å². The van der Waals surface area contributed by atoms with Crippen LogP contribution in [0.5, 0.6) is 0 Å². The van der Waals surface area contributed by atoms with Gasteiger partial charge in [0.15, 0.2) is 0 Å². The normalized spacial score (nSPS) is 26.0. The first-order valence-corrected chi connectivity index (χ1v) is 6.27. The van der Waals surface area contributed by atoms with Gasteiger partial charge < -0.3 is 5.32 Å². The summed E-state index contributed by atoms with van der Waals surface area (Å²) in [6.07, 6.45) is 7.99. The Balaban J connectivity index is 1.98. The van der Waals surface area contributed by atoms with Gasteiger partial charge in [-0.15, -0.1) is 0 Å². The third kappa shape index (κ3) is 2.57. The van der Waals surface area contributed by atoms with Gasteiger partial charge >= 0.3 is 0 Å². The summed E-state index contributed by atoms with van der Waals surface area (Å²) < 4.78 is 2.02. The maximum atomic E-state index is 4.40. The van der Waals surface area contributed by atoms with Gasteiger partial charge in [-0.25, -0.2) is 0 Å². The molecule has 0 amide bonds. The molecule has 3 heteroatoms. The molecule has 1 fully saturated rings. The quantitative estimate of drug-likeness (QED) is 0.831. The van der Waals surface area contributed by atoms with Crippen molar-refractivity contribution in [1.29, 1.82) is 0 Å². The molecule has 0 radical (unpaired) electrons. The van der Waals surface area contributed by atoms with Crippen molar-refractivity contribution in [2.75, 3.05) is 5.32 Å². The average Bonchev–Trinajstić information content (AvgIpc) is 2.74. The van der Waals surface area contributed by atoms with E-state index in [1.165, 1.54) is 19.3 Å². The molecule has 90 valence electrons. The summed E-state index contributed by atoms with van der Waals surface area (Å²) in [7, 11) is 0. The van der Waals surface area contributed by atoms with Crippen molar-refractivity contribution in [3.8, 4) is 0 Å². The van der Waals surface area contributed by atoms with Gasteiger partial charge in [0, 0.05) is 12.2 Å². The van der Waals surface area contributed by atoms with Crippen molar-refractivity contribution in [3.63, 3.8) is 0 Å². The number of nitrogens with zero attached hydrogens (tertiary/aromatic N) is 2. The first-order valence-electron chi connectivity index (χ1n) is 6.27. The third-order valence-corrected chi connectivity index (χ3v) is 3.34. The maximum absolute atomic E-state index is 4.40. The molecule has 3 nitrogen and oxygen atoms in total. The Morgan fingerprint density at radius 1 is 1.38 bits per heavy atom. The second kappa shape index (κ2) is 4.11. The largest absolute Gasteiger partial charge is 0.380 e. The molecule has 16 heavy (non-hydrogen) atoms. The van der Waals surface area contributed by atoms with E-state index < -0.39 is 0 Å². The van der Waals surface area contributed by atoms with E-state index in [9.17, 15) is 0 Å². The first-order chi connectivity index (χ1) is 7.45. The van der Waals surface area contributed by atoms with Gasteiger partial charge in [-0.3, -0.25) is 4.68 Å². The lowest BCUT2D eigenvalue weighted by atomic mass is 10.1. The van der Waals surface area contributed by atoms with Crippen LogP contribution in [0.1, 0.15) is 47.0 Å². The lowest BCUT2D eigenvalue weighted by Gasteiger charge is -2.19. The average molecular weight is 221 g/mol. The Morgan fingerprint density at radius 3 is 2.62 bits per heavy atom. The summed E-state index contributed by atoms with van der Waals surface area (Å²) in [4.78, 5) is 0. The van der Waals surface area contributed by atoms with Gasteiger partial charge in [-0.2, -0.15) is 5.10 Å². The first kappa shape index (κ1) is 11.5. The molecule has 1 heterocycles. The molecule has 2 atom stereocenters. The molecule has 1 aromatic rings. The highest BCUT2D eigenvalue weighted by atomic mass is 15.3. The second-order valence-corrected chi connectivity index (χ2v) is 6.10. The lowest BCUT2D eigenvalue weighted by Crippen LogP contribution is -2.22. The van der Waals surface area contributed by atoms with Crippen LogP contribution >= 0.6 is 0 Å². The van der Waals surface area contributed by atoms with E-state index in [0.717, 1.165) is 11.6 Å². The molecule has 2 unspecified atom stereocenters. The Labute approximate surface area is 98.2 Å². The molecule has 1 saturated carbocycles. The molecule has 1 N–H and O–H groups in total. The van der Waals surface area contributed by atoms with E-state index in [0.29, 0.717) is 6.04 Å². The molecule has 0 bridgehead atoms. The molecule has 1 aliphatic rings. The molecule has 1 aliphatic carbocycles. The van der Waals surface area contributed by atoms with Crippen LogP contribution in [-0.2, 0) is 5.54 Å². The number of hydrogen-bond acceptors (Lipinski definition) is 2. The van der Waals surface area contributed by atoms with Crippen molar-refractivity contribution in [2.45, 2.75) is 58.5 Å². The number of rotatable bonds is 2. The van der Waals surface area contributed by atoms with Crippen molar-refractivity contribution in [1.82, 2.24) is 9.78 Å². The number of hydrogen-bond donors (Lipinski definition) is 1. The van der Waals surface area contributed by atoms with Crippen LogP contribution in [0.2, 0.25) is 0 Å². The van der Waals surface area contributed by atoms with E-state index in [1.807, 2.05) is 10.9 Å². The van der Waals surface area contributed by atoms with Crippen LogP contribution in [0, 0.1) is 5.92 Å². The molecular formula is C13H23N3. The standard InChI is InChI=1S/C13H23N3/c1-10-5-6-11(7-10)15-12-8-14-16(9-12)13(2,3)4/h8-11,15H,5-7H2,1-4H3. The van der Waals surface area contributed by atoms with Crippen LogP contribution in [0.4, 0.5) is 5.69 Å². The van der Waals surface area contributed by atoms with Crippen molar-refractivity contribution < 1.29 is 0 Å². The Morgan fingerprint density at radius 2 is 2.12 bits per heavy atom. The van der Waals surface area contributed by atoms with Crippen LogP contribution in [0.15, 0.2) is 12.4 Å². The monoisotopic (exact) mass is 221 g/mol. The summed E-state index contributed by atoms with van der Waals surface area (Å²) in [6, 6.07) is 0.646. The fourth-order valence-corrected chi connectivity index (χ4v) is 2.34. The SMILES string of the molecule is CC1CCC(Nc2cnn(C(C)(C)C)c2)C1. The Hall–Kier alpha value is -0.990. The number of nitrogens with one attached hydrogen (secondary N) is 1. The topological polar surface area (TPSA) is 29.9 Å². The summed E-state index contributed by atoms with van der Waals surface area (Å²) in [6.45, 7) is 8.84. The minimum Gasteiger partial charge on any atom is -0.380 e. The number of anilines is 1. The second-order valence-electron chi connectivity index (χ2n) is 6.10. The van der Waals surface area contributed by atoms with Gasteiger partial charge in [0.25, 0.3) is 0 Å². The Kier molecular flexibility index (Phi) is 2.96. The van der Waals surface area contributed by atoms with Crippen molar-refractivity contribution in [2.24, 2.45) is 5.92 Å². The zero-order chi connectivity index (χ0) is 11.8. The van der Waals surface area contributed by atoms with Gasteiger partial charge in [0.1, 0.15) is 0 Å². The minimum atomic E-state index is 0.0723. The van der Waals surface area contributed by atoms with Gasteiger partial charge in [-0.1, -0.05) is 6.92 Å². The summed E-state index contributed by atoms with van der Waals surface area (Å²) >= 11 is 0. The predicted octanol–water partition coefficient (Wildman–Crippen LogP) is 3.24. The van der Waals surface area contributed by atoms with Gasteiger partial charge in [0.2, 0.25) is 0 Å². The zero-order valence-corrected chi connectivity index (χ0v) is 10.8. The molecule has 0 saturated heterocycles. The summed E-state index contributed by atoms with van der Waals surface area (Å²) in [5.74, 6) is 0.871. The predicted molar refractivity (Wildman–Crippen MR) is 67.6 cm³/mol. The van der Waals surface area contributed by atoms with E-state index >= 15 is 0 Å². The third-order valence-electron chi connectivity index (χ3n) is 3.34. The van der Waals surface area contributed by atoms with Gasteiger partial charge in [-0.05, 0) is 46.0 Å². The minimum absolute atomic E-state index is 0.0723. The lowest BCUT2D eigenvalue weighted by molar-refractivity contribution is 0.355. The molecule has 0 aromatic carbocycles. The van der Waals surface area contributed by atoms with Crippen LogP contribution in [0.3, 0.4) is 0 Å². The van der Waals surface area contributed by atoms with E-state index in [1.54, 1.807) is 0 Å². The highest BCUT2D eigenvalue weighted by molar-refractivity contribution is 5.39. The molecule has 2 rings (SSSR count). The van der Waals surface area contributed by atoms with Gasteiger partial charge in [0.05, 0.1) is 17.4 Å². The summed E-state index contributed by atoms with van der Waals surface area (Å²) in [5, 5.41) is 7.98. The fourth-order valence-electron chi connectivity index (χ4n) is 2.34. The highest BCUT2D eigenvalue weighted by Crippen LogP contribution is 2.27. The van der Waals surface area contributed by atoms with E-state index in [4.69, 9.17) is 0 Å². The molecule has 0 aliphatic heterocycles. The zero-order valence-electron chi connectivity index (χ0n) is 10.8. The number of aromatic nitrogens is 2. The highest BCUT2D eigenvalue weighted by Gasteiger charge is 2.22. The molecule has 1 aromatic heterocycles. The van der Waals surface area contributed by atoms with Crippen LogP contribution < -0.4 is 5.32 Å². The molecular weight excluding hydrogens is 198 g/mol. The van der Waals surface area contributed by atoms with Crippen LogP contribution in [0.25, 0.3) is 0 Å².